The molecule has 0 radical (unpaired) electrons. The quantitative estimate of drug-likeness (QED) is 0.841. The van der Waals surface area contributed by atoms with E-state index in [1.165, 1.54) is 5.41 Å². The van der Waals surface area contributed by atoms with Gasteiger partial charge < -0.3 is 4.74 Å². The van der Waals surface area contributed by atoms with E-state index < -0.39 is 10.0 Å². The SMILES string of the molecule is CCOc1ccc(C(C)NS(=O)(=O)/C=C/c2ccccc2)cc1. The van der Waals surface area contributed by atoms with Gasteiger partial charge in [-0.15, -0.1) is 0 Å². The number of ether oxygens (including phenoxy) is 1. The minimum atomic E-state index is -3.51. The Morgan fingerprint density at radius 2 is 1.74 bits per heavy atom. The zero-order valence-electron chi connectivity index (χ0n) is 13.3. The summed E-state index contributed by atoms with van der Waals surface area (Å²) in [7, 11) is -3.51. The largest absolute Gasteiger partial charge is 0.494 e. The Kier molecular flexibility index (Phi) is 5.96. The zero-order valence-corrected chi connectivity index (χ0v) is 14.1. The van der Waals surface area contributed by atoms with E-state index in [4.69, 9.17) is 4.74 Å². The summed E-state index contributed by atoms with van der Waals surface area (Å²) < 4.78 is 32.3. The van der Waals surface area contributed by atoms with Crippen molar-refractivity contribution in [2.24, 2.45) is 0 Å². The molecule has 0 aliphatic heterocycles. The van der Waals surface area contributed by atoms with Crippen molar-refractivity contribution in [2.45, 2.75) is 19.9 Å². The Bertz CT molecular complexity index is 738. The lowest BCUT2D eigenvalue weighted by Crippen LogP contribution is -2.24. The average Bonchev–Trinajstić information content (AvgIpc) is 2.55. The van der Waals surface area contributed by atoms with E-state index in [0.29, 0.717) is 6.61 Å². The highest BCUT2D eigenvalue weighted by atomic mass is 32.2. The monoisotopic (exact) mass is 331 g/mol. The van der Waals surface area contributed by atoms with Crippen LogP contribution in [-0.2, 0) is 10.0 Å². The van der Waals surface area contributed by atoms with Crippen LogP contribution in [0.5, 0.6) is 5.75 Å². The summed E-state index contributed by atoms with van der Waals surface area (Å²) in [4.78, 5) is 0. The molecule has 5 heteroatoms. The molecule has 0 aliphatic carbocycles. The number of sulfonamides is 1. The number of hydrogen-bond donors (Lipinski definition) is 1. The molecule has 0 heterocycles. The van der Waals surface area contributed by atoms with Crippen LogP contribution < -0.4 is 9.46 Å². The fraction of sp³-hybridized carbons (Fsp3) is 0.222. The molecule has 1 N–H and O–H groups in total. The number of nitrogens with one attached hydrogen (secondary N) is 1. The first-order valence-electron chi connectivity index (χ1n) is 7.48. The molecule has 0 amide bonds. The molecule has 122 valence electrons. The lowest BCUT2D eigenvalue weighted by Gasteiger charge is -2.13. The summed E-state index contributed by atoms with van der Waals surface area (Å²) >= 11 is 0. The maximum atomic E-state index is 12.1. The molecule has 0 bridgehead atoms. The summed E-state index contributed by atoms with van der Waals surface area (Å²) in [5, 5.41) is 1.19. The molecule has 2 aromatic carbocycles. The van der Waals surface area contributed by atoms with Gasteiger partial charge in [-0.3, -0.25) is 0 Å². The molecule has 2 rings (SSSR count). The molecule has 0 saturated heterocycles. The van der Waals surface area contributed by atoms with Crippen molar-refractivity contribution in [2.75, 3.05) is 6.61 Å². The third-order valence-corrected chi connectivity index (χ3v) is 4.45. The van der Waals surface area contributed by atoms with E-state index in [0.717, 1.165) is 16.9 Å². The smallest absolute Gasteiger partial charge is 0.234 e. The second-order valence-corrected chi connectivity index (χ2v) is 6.70. The van der Waals surface area contributed by atoms with E-state index in [1.807, 2.05) is 68.4 Å². The van der Waals surface area contributed by atoms with E-state index in [-0.39, 0.29) is 6.04 Å². The summed E-state index contributed by atoms with van der Waals surface area (Å²) in [5.74, 6) is 0.773. The van der Waals surface area contributed by atoms with Crippen LogP contribution in [0.4, 0.5) is 0 Å². The van der Waals surface area contributed by atoms with E-state index >= 15 is 0 Å². The van der Waals surface area contributed by atoms with Crippen molar-refractivity contribution in [3.63, 3.8) is 0 Å². The van der Waals surface area contributed by atoms with Crippen LogP contribution >= 0.6 is 0 Å². The summed E-state index contributed by atoms with van der Waals surface area (Å²) in [6, 6.07) is 16.4. The highest BCUT2D eigenvalue weighted by molar-refractivity contribution is 7.92. The molecule has 4 nitrogen and oxygen atoms in total. The first-order chi connectivity index (χ1) is 11.0. The van der Waals surface area contributed by atoms with Crippen molar-refractivity contribution in [3.8, 4) is 5.75 Å². The highest BCUT2D eigenvalue weighted by Crippen LogP contribution is 2.18. The van der Waals surface area contributed by atoms with Gasteiger partial charge in [0.2, 0.25) is 10.0 Å². The molecule has 23 heavy (non-hydrogen) atoms. The minimum Gasteiger partial charge on any atom is -0.494 e. The van der Waals surface area contributed by atoms with E-state index in [9.17, 15) is 8.42 Å². The topological polar surface area (TPSA) is 55.4 Å². The van der Waals surface area contributed by atoms with Crippen molar-refractivity contribution in [1.82, 2.24) is 4.72 Å². The van der Waals surface area contributed by atoms with Gasteiger partial charge >= 0.3 is 0 Å². The van der Waals surface area contributed by atoms with Gasteiger partial charge in [-0.05, 0) is 43.2 Å². The number of benzene rings is 2. The second-order valence-electron chi connectivity index (χ2n) is 5.10. The van der Waals surface area contributed by atoms with Gasteiger partial charge in [0.05, 0.1) is 6.61 Å². The third-order valence-electron chi connectivity index (χ3n) is 3.27. The molecule has 1 atom stereocenters. The maximum absolute atomic E-state index is 12.1. The molecule has 0 spiro atoms. The summed E-state index contributed by atoms with van der Waals surface area (Å²) in [5.41, 5.74) is 1.72. The van der Waals surface area contributed by atoms with Gasteiger partial charge in [0.15, 0.2) is 0 Å². The van der Waals surface area contributed by atoms with Gasteiger partial charge in [-0.2, -0.15) is 0 Å². The number of rotatable bonds is 7. The molecule has 0 saturated carbocycles. The van der Waals surface area contributed by atoms with Crippen molar-refractivity contribution < 1.29 is 13.2 Å². The second kappa shape index (κ2) is 7.94. The summed E-state index contributed by atoms with van der Waals surface area (Å²) in [6.45, 7) is 4.33. The first-order valence-corrected chi connectivity index (χ1v) is 9.03. The van der Waals surface area contributed by atoms with Crippen LogP contribution in [0.15, 0.2) is 60.0 Å². The molecule has 0 aromatic heterocycles. The maximum Gasteiger partial charge on any atom is 0.234 e. The lowest BCUT2D eigenvalue weighted by atomic mass is 10.1. The minimum absolute atomic E-state index is 0.323. The third kappa shape index (κ3) is 5.54. The average molecular weight is 331 g/mol. The van der Waals surface area contributed by atoms with E-state index in [2.05, 4.69) is 4.72 Å². The van der Waals surface area contributed by atoms with Gasteiger partial charge in [-0.1, -0.05) is 42.5 Å². The van der Waals surface area contributed by atoms with Gasteiger partial charge in [0.1, 0.15) is 5.75 Å². The fourth-order valence-electron chi connectivity index (χ4n) is 2.11. The predicted molar refractivity (Wildman–Crippen MR) is 93.6 cm³/mol. The zero-order chi connectivity index (χ0) is 16.7. The van der Waals surface area contributed by atoms with Crippen LogP contribution in [0.2, 0.25) is 0 Å². The van der Waals surface area contributed by atoms with Crippen LogP contribution in [0.1, 0.15) is 31.0 Å². The Morgan fingerprint density at radius 1 is 1.09 bits per heavy atom. The molecule has 0 fully saturated rings. The first kappa shape index (κ1) is 17.2. The number of hydrogen-bond acceptors (Lipinski definition) is 3. The standard InChI is InChI=1S/C18H21NO3S/c1-3-22-18-11-9-17(10-12-18)15(2)19-23(20,21)14-13-16-7-5-4-6-8-16/h4-15,19H,3H2,1-2H3/b14-13+. The Balaban J connectivity index is 2.03. The fourth-order valence-corrected chi connectivity index (χ4v) is 3.15. The Labute approximate surface area is 137 Å². The van der Waals surface area contributed by atoms with Crippen molar-refractivity contribution in [1.29, 1.82) is 0 Å². The van der Waals surface area contributed by atoms with Gasteiger partial charge in [-0.25, -0.2) is 13.1 Å². The van der Waals surface area contributed by atoms with Crippen LogP contribution in [0, 0.1) is 0 Å². The molecule has 0 aliphatic rings. The van der Waals surface area contributed by atoms with Crippen molar-refractivity contribution >= 4 is 16.1 Å². The van der Waals surface area contributed by atoms with Gasteiger partial charge in [0, 0.05) is 11.4 Å². The van der Waals surface area contributed by atoms with Crippen LogP contribution in [0.3, 0.4) is 0 Å². The Morgan fingerprint density at radius 3 is 2.35 bits per heavy atom. The predicted octanol–water partition coefficient (Wildman–Crippen LogP) is 3.74. The molecular formula is C18H21NO3S. The van der Waals surface area contributed by atoms with Crippen LogP contribution in [-0.4, -0.2) is 15.0 Å². The van der Waals surface area contributed by atoms with Crippen molar-refractivity contribution in [3.05, 3.63) is 71.1 Å². The molecule has 1 unspecified atom stereocenters. The normalized spacial score (nSPS) is 13.1. The molecule has 2 aromatic rings. The van der Waals surface area contributed by atoms with Gasteiger partial charge in [0.25, 0.3) is 0 Å². The molecular weight excluding hydrogens is 310 g/mol. The summed E-state index contributed by atoms with van der Waals surface area (Å²) in [6.07, 6.45) is 1.58. The van der Waals surface area contributed by atoms with E-state index in [1.54, 1.807) is 6.08 Å². The van der Waals surface area contributed by atoms with Crippen LogP contribution in [0.25, 0.3) is 6.08 Å². The highest BCUT2D eigenvalue weighted by Gasteiger charge is 2.13. The Hall–Kier alpha value is -2.11. The lowest BCUT2D eigenvalue weighted by molar-refractivity contribution is 0.340.